The SMILES string of the molecule is COCCN1C(=O)c2ccccc2N2C(=O)CCC12C(=O)OCc1cccc2ccccc12. The Morgan fingerprint density at radius 2 is 1.76 bits per heavy atom. The molecule has 2 aliphatic rings. The highest BCUT2D eigenvalue weighted by molar-refractivity contribution is 6.15. The molecule has 3 aromatic carbocycles. The van der Waals surface area contributed by atoms with Gasteiger partial charge in [0.2, 0.25) is 11.6 Å². The summed E-state index contributed by atoms with van der Waals surface area (Å²) >= 11 is 0. The van der Waals surface area contributed by atoms with Gasteiger partial charge in [-0.25, -0.2) is 4.79 Å². The fourth-order valence-electron chi connectivity index (χ4n) is 4.91. The molecular formula is C26H24N2O5. The summed E-state index contributed by atoms with van der Waals surface area (Å²) in [5.41, 5.74) is 0.174. The quantitative estimate of drug-likeness (QED) is 0.544. The molecule has 33 heavy (non-hydrogen) atoms. The number of para-hydroxylation sites is 1. The van der Waals surface area contributed by atoms with Crippen molar-refractivity contribution in [2.75, 3.05) is 25.2 Å². The number of methoxy groups -OCH3 is 1. The number of benzene rings is 3. The predicted molar refractivity (Wildman–Crippen MR) is 123 cm³/mol. The third-order valence-corrected chi connectivity index (χ3v) is 6.46. The molecule has 0 aliphatic carbocycles. The maximum atomic E-state index is 13.7. The van der Waals surface area contributed by atoms with Gasteiger partial charge in [-0.05, 0) is 28.5 Å². The van der Waals surface area contributed by atoms with Crippen LogP contribution in [0.15, 0.2) is 66.7 Å². The molecule has 0 aromatic heterocycles. The number of carbonyl (C=O) groups is 3. The number of hydrogen-bond donors (Lipinski definition) is 0. The van der Waals surface area contributed by atoms with E-state index in [0.29, 0.717) is 11.3 Å². The van der Waals surface area contributed by atoms with Gasteiger partial charge >= 0.3 is 5.97 Å². The Hall–Kier alpha value is -3.71. The molecule has 1 atom stereocenters. The fraction of sp³-hybridized carbons (Fsp3) is 0.269. The summed E-state index contributed by atoms with van der Waals surface area (Å²) in [5.74, 6) is -1.13. The van der Waals surface area contributed by atoms with Crippen molar-refractivity contribution in [2.45, 2.75) is 25.1 Å². The number of ether oxygens (including phenoxy) is 2. The number of carbonyl (C=O) groups excluding carboxylic acids is 3. The lowest BCUT2D eigenvalue weighted by Crippen LogP contribution is -2.68. The van der Waals surface area contributed by atoms with Crippen LogP contribution in [0, 0.1) is 0 Å². The fourth-order valence-corrected chi connectivity index (χ4v) is 4.91. The molecule has 0 spiro atoms. The summed E-state index contributed by atoms with van der Waals surface area (Å²) in [6.07, 6.45) is 0.318. The summed E-state index contributed by atoms with van der Waals surface area (Å²) < 4.78 is 11.0. The normalized spacial score (nSPS) is 19.5. The first kappa shape index (κ1) is 21.2. The lowest BCUT2D eigenvalue weighted by Gasteiger charge is -2.48. The van der Waals surface area contributed by atoms with E-state index in [2.05, 4.69) is 0 Å². The number of hydrogen-bond acceptors (Lipinski definition) is 5. The molecule has 168 valence electrons. The van der Waals surface area contributed by atoms with Gasteiger partial charge in [0, 0.05) is 26.5 Å². The second-order valence-electron chi connectivity index (χ2n) is 8.23. The highest BCUT2D eigenvalue weighted by Gasteiger charge is 2.61. The largest absolute Gasteiger partial charge is 0.458 e. The van der Waals surface area contributed by atoms with Crippen molar-refractivity contribution in [1.29, 1.82) is 0 Å². The van der Waals surface area contributed by atoms with Crippen molar-refractivity contribution in [3.05, 3.63) is 77.9 Å². The zero-order chi connectivity index (χ0) is 23.0. The number of amides is 2. The van der Waals surface area contributed by atoms with Gasteiger partial charge in [-0.15, -0.1) is 0 Å². The van der Waals surface area contributed by atoms with Crippen LogP contribution in [0.5, 0.6) is 0 Å². The molecule has 2 heterocycles. The first-order chi connectivity index (χ1) is 16.1. The molecule has 1 fully saturated rings. The maximum absolute atomic E-state index is 13.7. The van der Waals surface area contributed by atoms with Gasteiger partial charge < -0.3 is 14.4 Å². The minimum absolute atomic E-state index is 0.0396. The van der Waals surface area contributed by atoms with Crippen LogP contribution >= 0.6 is 0 Å². The summed E-state index contributed by atoms with van der Waals surface area (Å²) in [6, 6.07) is 20.6. The van der Waals surface area contributed by atoms with Gasteiger partial charge in [-0.1, -0.05) is 54.6 Å². The number of fused-ring (bicyclic) bond motifs is 4. The van der Waals surface area contributed by atoms with E-state index in [1.165, 1.54) is 16.9 Å². The Labute approximate surface area is 191 Å². The van der Waals surface area contributed by atoms with Crippen LogP contribution in [-0.4, -0.2) is 48.6 Å². The van der Waals surface area contributed by atoms with Gasteiger partial charge in [0.05, 0.1) is 17.9 Å². The monoisotopic (exact) mass is 444 g/mol. The van der Waals surface area contributed by atoms with Gasteiger partial charge in [-0.3, -0.25) is 14.5 Å². The average Bonchev–Trinajstić information content (AvgIpc) is 3.20. The number of nitrogens with zero attached hydrogens (tertiary/aromatic N) is 2. The van der Waals surface area contributed by atoms with Crippen molar-refractivity contribution in [3.63, 3.8) is 0 Å². The average molecular weight is 444 g/mol. The van der Waals surface area contributed by atoms with Crippen LogP contribution in [0.2, 0.25) is 0 Å². The molecule has 0 N–H and O–H groups in total. The van der Waals surface area contributed by atoms with Gasteiger partial charge in [-0.2, -0.15) is 0 Å². The van der Waals surface area contributed by atoms with Crippen molar-refractivity contribution in [1.82, 2.24) is 4.90 Å². The Bertz CT molecular complexity index is 1250. The molecule has 2 amide bonds. The van der Waals surface area contributed by atoms with Gasteiger partial charge in [0.25, 0.3) is 5.91 Å². The van der Waals surface area contributed by atoms with Crippen LogP contribution in [-0.2, 0) is 25.7 Å². The van der Waals surface area contributed by atoms with Gasteiger partial charge in [0.15, 0.2) is 0 Å². The van der Waals surface area contributed by atoms with E-state index in [9.17, 15) is 14.4 Å². The first-order valence-corrected chi connectivity index (χ1v) is 10.9. The van der Waals surface area contributed by atoms with Crippen molar-refractivity contribution in [3.8, 4) is 0 Å². The molecule has 1 unspecified atom stereocenters. The van der Waals surface area contributed by atoms with Gasteiger partial charge in [0.1, 0.15) is 6.61 Å². The molecule has 1 saturated heterocycles. The number of esters is 1. The highest BCUT2D eigenvalue weighted by Crippen LogP contribution is 2.45. The summed E-state index contributed by atoms with van der Waals surface area (Å²) in [5, 5.41) is 2.04. The van der Waals surface area contributed by atoms with E-state index in [1.807, 2.05) is 42.5 Å². The topological polar surface area (TPSA) is 76.2 Å². The molecule has 0 bridgehead atoms. The maximum Gasteiger partial charge on any atom is 0.354 e. The van der Waals surface area contributed by atoms with Crippen LogP contribution in [0.4, 0.5) is 5.69 Å². The predicted octanol–water partition coefficient (Wildman–Crippen LogP) is 3.51. The molecule has 5 rings (SSSR count). The Morgan fingerprint density at radius 3 is 2.61 bits per heavy atom. The van der Waals surface area contributed by atoms with E-state index >= 15 is 0 Å². The minimum atomic E-state index is -1.52. The smallest absolute Gasteiger partial charge is 0.354 e. The van der Waals surface area contributed by atoms with Crippen molar-refractivity contribution < 1.29 is 23.9 Å². The van der Waals surface area contributed by atoms with E-state index in [4.69, 9.17) is 9.47 Å². The van der Waals surface area contributed by atoms with Crippen LogP contribution in [0.25, 0.3) is 10.8 Å². The Kier molecular flexibility index (Phi) is 5.34. The lowest BCUT2D eigenvalue weighted by molar-refractivity contribution is -0.159. The molecule has 0 radical (unpaired) electrons. The third kappa shape index (κ3) is 3.27. The Balaban J connectivity index is 1.53. The zero-order valence-corrected chi connectivity index (χ0v) is 18.3. The lowest BCUT2D eigenvalue weighted by atomic mass is 9.96. The third-order valence-electron chi connectivity index (χ3n) is 6.46. The molecule has 0 saturated carbocycles. The molecular weight excluding hydrogens is 420 g/mol. The Morgan fingerprint density at radius 1 is 1.00 bits per heavy atom. The zero-order valence-electron chi connectivity index (χ0n) is 18.3. The number of anilines is 1. The molecule has 7 nitrogen and oxygen atoms in total. The number of rotatable bonds is 6. The summed E-state index contributed by atoms with van der Waals surface area (Å²) in [4.78, 5) is 43.1. The minimum Gasteiger partial charge on any atom is -0.458 e. The van der Waals surface area contributed by atoms with E-state index < -0.39 is 11.6 Å². The summed E-state index contributed by atoms with van der Waals surface area (Å²) in [6.45, 7) is 0.434. The van der Waals surface area contributed by atoms with E-state index in [0.717, 1.165) is 16.3 Å². The second-order valence-corrected chi connectivity index (χ2v) is 8.23. The first-order valence-electron chi connectivity index (χ1n) is 10.9. The summed E-state index contributed by atoms with van der Waals surface area (Å²) in [7, 11) is 1.53. The van der Waals surface area contributed by atoms with E-state index in [1.54, 1.807) is 24.3 Å². The van der Waals surface area contributed by atoms with Crippen molar-refractivity contribution in [2.24, 2.45) is 0 Å². The second kappa shape index (κ2) is 8.33. The molecule has 2 aliphatic heterocycles. The van der Waals surface area contributed by atoms with Crippen LogP contribution in [0.1, 0.15) is 28.8 Å². The van der Waals surface area contributed by atoms with Crippen molar-refractivity contribution >= 4 is 34.2 Å². The molecule has 3 aromatic rings. The van der Waals surface area contributed by atoms with Crippen LogP contribution < -0.4 is 4.90 Å². The molecule has 7 heteroatoms. The standard InChI is InChI=1S/C26H24N2O5/c1-32-16-15-27-24(30)21-11-4-5-12-22(21)28-23(29)13-14-26(27,28)25(31)33-17-19-9-6-8-18-7-2-3-10-20(18)19/h2-12H,13-17H2,1H3. The highest BCUT2D eigenvalue weighted by atomic mass is 16.5. The van der Waals surface area contributed by atoms with E-state index in [-0.39, 0.29) is 44.4 Å². The van der Waals surface area contributed by atoms with Crippen LogP contribution in [0.3, 0.4) is 0 Å².